The predicted octanol–water partition coefficient (Wildman–Crippen LogP) is 7.70. The van der Waals surface area contributed by atoms with E-state index in [0.29, 0.717) is 5.57 Å². The van der Waals surface area contributed by atoms with Crippen molar-refractivity contribution in [3.05, 3.63) is 23.8 Å². The Kier molecular flexibility index (Phi) is 9.50. The van der Waals surface area contributed by atoms with Crippen LogP contribution in [0.3, 0.4) is 0 Å². The van der Waals surface area contributed by atoms with E-state index in [4.69, 9.17) is 18.7 Å². The molecule has 1 aliphatic rings. The van der Waals surface area contributed by atoms with Crippen molar-refractivity contribution in [3.63, 3.8) is 0 Å². The maximum Gasteiger partial charge on any atom is 0.328 e. The van der Waals surface area contributed by atoms with Gasteiger partial charge in [0.1, 0.15) is 0 Å². The number of carboxylic acid groups (broad SMARTS) is 1. The zero-order valence-corrected chi connectivity index (χ0v) is 26.4. The second-order valence-corrected chi connectivity index (χ2v) is 23.3. The summed E-state index contributed by atoms with van der Waals surface area (Å²) in [6, 6.07) is 0. The van der Waals surface area contributed by atoms with Crippen LogP contribution in [0.5, 0.6) is 0 Å². The number of carbonyl (C=O) groups is 1. The van der Waals surface area contributed by atoms with Crippen LogP contribution in [-0.4, -0.2) is 51.1 Å². The Hall–Kier alpha value is -0.736. The Morgan fingerprint density at radius 3 is 1.97 bits per heavy atom. The molecular formula is C27H52O5Si2. The van der Waals surface area contributed by atoms with E-state index >= 15 is 0 Å². The average molecular weight is 513 g/mol. The fraction of sp³-hybridized carbons (Fsp3) is 0.815. The molecule has 1 saturated heterocycles. The molecule has 1 heterocycles. The Labute approximate surface area is 211 Å². The molecule has 0 aromatic carbocycles. The molecule has 34 heavy (non-hydrogen) atoms. The van der Waals surface area contributed by atoms with Gasteiger partial charge in [0, 0.05) is 6.08 Å². The molecule has 0 spiro atoms. The largest absolute Gasteiger partial charge is 0.478 e. The SMILES string of the molecule is CC(=C/C(=O)O)/C=C/C(O[Si](C)(C)C(C)(C)C)C1(C)CC[C@H](C(C)(C)O[Si](C)(C)C(C)(C)C)O1. The summed E-state index contributed by atoms with van der Waals surface area (Å²) in [6.45, 7) is 30.8. The molecule has 7 heteroatoms. The molecular weight excluding hydrogens is 460 g/mol. The fourth-order valence-electron chi connectivity index (χ4n) is 3.78. The van der Waals surface area contributed by atoms with Gasteiger partial charge >= 0.3 is 5.97 Å². The molecule has 1 aliphatic heterocycles. The standard InChI is InChI=1S/C27H52O5Si2/c1-20(19-23(28)29)15-16-22(31-33(11,12)24(2,3)4)27(10)18-17-21(30-27)26(8,9)32-34(13,14)25(5,6)7/h15-16,19,21-22H,17-18H2,1-14H3,(H,28,29)/b16-15+,20-19-/t21-,22?,27?/m1/s1. The van der Waals surface area contributed by atoms with Crippen molar-refractivity contribution in [2.24, 2.45) is 0 Å². The summed E-state index contributed by atoms with van der Waals surface area (Å²) in [7, 11) is -4.08. The highest BCUT2D eigenvalue weighted by Gasteiger charge is 2.52. The third-order valence-electron chi connectivity index (χ3n) is 8.13. The summed E-state index contributed by atoms with van der Waals surface area (Å²) in [5.41, 5.74) is -0.254. The molecule has 1 fully saturated rings. The molecule has 5 nitrogen and oxygen atoms in total. The van der Waals surface area contributed by atoms with Crippen LogP contribution < -0.4 is 0 Å². The van der Waals surface area contributed by atoms with Gasteiger partial charge in [0.2, 0.25) is 0 Å². The van der Waals surface area contributed by atoms with Gasteiger partial charge in [-0.1, -0.05) is 53.7 Å². The lowest BCUT2D eigenvalue weighted by molar-refractivity contribution is -0.136. The Balaban J connectivity index is 3.27. The van der Waals surface area contributed by atoms with E-state index in [9.17, 15) is 4.79 Å². The summed E-state index contributed by atoms with van der Waals surface area (Å²) in [4.78, 5) is 11.1. The van der Waals surface area contributed by atoms with Crippen LogP contribution in [0.15, 0.2) is 23.8 Å². The normalized spacial score (nSPS) is 24.6. The monoisotopic (exact) mass is 512 g/mol. The van der Waals surface area contributed by atoms with Crippen LogP contribution in [-0.2, 0) is 18.4 Å². The van der Waals surface area contributed by atoms with E-state index in [-0.39, 0.29) is 22.3 Å². The topological polar surface area (TPSA) is 65.0 Å². The zero-order chi connectivity index (χ0) is 27.0. The Bertz CT molecular complexity index is 784. The lowest BCUT2D eigenvalue weighted by atomic mass is 9.93. The van der Waals surface area contributed by atoms with Crippen LogP contribution >= 0.6 is 0 Å². The minimum atomic E-state index is -2.11. The number of rotatable bonds is 9. The van der Waals surface area contributed by atoms with Crippen LogP contribution in [0.25, 0.3) is 0 Å². The predicted molar refractivity (Wildman–Crippen MR) is 147 cm³/mol. The Morgan fingerprint density at radius 1 is 1.03 bits per heavy atom. The molecule has 2 unspecified atom stereocenters. The maximum absolute atomic E-state index is 11.1. The number of allylic oxidation sites excluding steroid dienone is 2. The van der Waals surface area contributed by atoms with Gasteiger partial charge in [-0.05, 0) is 82.4 Å². The van der Waals surface area contributed by atoms with Crippen molar-refractivity contribution in [3.8, 4) is 0 Å². The third kappa shape index (κ3) is 7.88. The number of hydrogen-bond acceptors (Lipinski definition) is 4. The quantitative estimate of drug-likeness (QED) is 0.195. The van der Waals surface area contributed by atoms with E-state index in [1.54, 1.807) is 6.92 Å². The molecule has 0 radical (unpaired) electrons. The van der Waals surface area contributed by atoms with E-state index < -0.39 is 33.8 Å². The van der Waals surface area contributed by atoms with Crippen molar-refractivity contribution < 1.29 is 23.5 Å². The molecule has 0 amide bonds. The minimum Gasteiger partial charge on any atom is -0.478 e. The van der Waals surface area contributed by atoms with Gasteiger partial charge in [0.05, 0.1) is 23.4 Å². The molecule has 1 rings (SSSR count). The lowest BCUT2D eigenvalue weighted by Gasteiger charge is -2.46. The zero-order valence-electron chi connectivity index (χ0n) is 24.4. The van der Waals surface area contributed by atoms with E-state index in [1.807, 2.05) is 12.2 Å². The van der Waals surface area contributed by atoms with Crippen LogP contribution in [0.1, 0.15) is 82.1 Å². The molecule has 0 saturated carbocycles. The number of hydrogen-bond donors (Lipinski definition) is 1. The van der Waals surface area contributed by atoms with Crippen molar-refractivity contribution >= 4 is 22.6 Å². The first-order valence-corrected chi connectivity index (χ1v) is 18.4. The Morgan fingerprint density at radius 2 is 1.53 bits per heavy atom. The van der Waals surface area contributed by atoms with E-state index in [0.717, 1.165) is 12.8 Å². The highest BCUT2D eigenvalue weighted by molar-refractivity contribution is 6.74. The van der Waals surface area contributed by atoms with Crippen LogP contribution in [0.2, 0.25) is 36.3 Å². The van der Waals surface area contributed by atoms with E-state index in [1.165, 1.54) is 6.08 Å². The molecule has 0 aromatic heterocycles. The second-order valence-electron chi connectivity index (χ2n) is 13.8. The summed E-state index contributed by atoms with van der Waals surface area (Å²) in [6.07, 6.45) is 6.50. The van der Waals surface area contributed by atoms with Gasteiger partial charge in [-0.2, -0.15) is 0 Å². The smallest absolute Gasteiger partial charge is 0.328 e. The summed E-state index contributed by atoms with van der Waals surface area (Å²) in [5.74, 6) is -0.947. The maximum atomic E-state index is 11.1. The van der Waals surface area contributed by atoms with Crippen LogP contribution in [0, 0.1) is 0 Å². The summed E-state index contributed by atoms with van der Waals surface area (Å²) in [5, 5.41) is 9.28. The summed E-state index contributed by atoms with van der Waals surface area (Å²) < 4.78 is 20.5. The molecule has 1 N–H and O–H groups in total. The van der Waals surface area contributed by atoms with Gasteiger partial charge in [-0.3, -0.25) is 0 Å². The highest BCUT2D eigenvalue weighted by atomic mass is 28.4. The third-order valence-corrected chi connectivity index (χ3v) is 17.2. The van der Waals surface area contributed by atoms with Gasteiger partial charge in [0.25, 0.3) is 0 Å². The first-order chi connectivity index (χ1) is 14.9. The highest BCUT2D eigenvalue weighted by Crippen LogP contribution is 2.46. The van der Waals surface area contributed by atoms with Gasteiger partial charge < -0.3 is 18.7 Å². The van der Waals surface area contributed by atoms with Crippen LogP contribution in [0.4, 0.5) is 0 Å². The first kappa shape index (κ1) is 31.3. The lowest BCUT2D eigenvalue weighted by Crippen LogP contribution is -2.54. The first-order valence-electron chi connectivity index (χ1n) is 12.6. The molecule has 0 bridgehead atoms. The average Bonchev–Trinajstić information content (AvgIpc) is 2.99. The van der Waals surface area contributed by atoms with E-state index in [2.05, 4.69) is 88.5 Å². The van der Waals surface area contributed by atoms with Gasteiger partial charge in [-0.25, -0.2) is 4.79 Å². The van der Waals surface area contributed by atoms with Crippen molar-refractivity contribution in [1.29, 1.82) is 0 Å². The van der Waals surface area contributed by atoms with Crippen molar-refractivity contribution in [2.75, 3.05) is 0 Å². The van der Waals surface area contributed by atoms with Crippen molar-refractivity contribution in [1.82, 2.24) is 0 Å². The molecule has 0 aliphatic carbocycles. The molecule has 3 atom stereocenters. The molecule has 0 aromatic rings. The summed E-state index contributed by atoms with van der Waals surface area (Å²) >= 11 is 0. The minimum absolute atomic E-state index is 0.0406. The van der Waals surface area contributed by atoms with Gasteiger partial charge in [0.15, 0.2) is 16.6 Å². The van der Waals surface area contributed by atoms with Crippen molar-refractivity contribution in [2.45, 2.75) is 142 Å². The molecule has 198 valence electrons. The van der Waals surface area contributed by atoms with Gasteiger partial charge in [-0.15, -0.1) is 0 Å². The second kappa shape index (κ2) is 10.3. The number of ether oxygens (including phenoxy) is 1. The number of carboxylic acids is 1. The number of aliphatic carboxylic acids is 1. The fourth-order valence-corrected chi connectivity index (χ4v) is 6.85.